The van der Waals surface area contributed by atoms with Gasteiger partial charge in [-0.1, -0.05) is 18.2 Å². The normalized spacial score (nSPS) is 14.9. The summed E-state index contributed by atoms with van der Waals surface area (Å²) < 4.78 is 0. The van der Waals surface area contributed by atoms with Crippen molar-refractivity contribution in [2.45, 2.75) is 20.4 Å². The van der Waals surface area contributed by atoms with Crippen LogP contribution in [-0.2, 0) is 6.54 Å². The minimum atomic E-state index is 0.908. The molecule has 1 aromatic heterocycles. The minimum absolute atomic E-state index is 0.908. The molecule has 1 aliphatic heterocycles. The van der Waals surface area contributed by atoms with E-state index in [-0.39, 0.29) is 0 Å². The monoisotopic (exact) mass is 254 g/mol. The average molecular weight is 254 g/mol. The van der Waals surface area contributed by atoms with Crippen LogP contribution in [0, 0.1) is 13.8 Å². The Morgan fingerprint density at radius 2 is 2.00 bits per heavy atom. The summed E-state index contributed by atoms with van der Waals surface area (Å²) in [5, 5.41) is 3.44. The van der Waals surface area contributed by atoms with Gasteiger partial charge in [0.1, 0.15) is 0 Å². The molecule has 0 aliphatic carbocycles. The molecule has 0 radical (unpaired) electrons. The van der Waals surface area contributed by atoms with Gasteiger partial charge in [-0.15, -0.1) is 0 Å². The molecular formula is C15H18N4. The Hall–Kier alpha value is -1.94. The summed E-state index contributed by atoms with van der Waals surface area (Å²) >= 11 is 0. The molecule has 1 aliphatic rings. The van der Waals surface area contributed by atoms with E-state index in [0.29, 0.717) is 0 Å². The van der Waals surface area contributed by atoms with Gasteiger partial charge in [0.05, 0.1) is 17.6 Å². The largest absolute Gasteiger partial charge is 0.324 e. The second kappa shape index (κ2) is 4.97. The molecular weight excluding hydrogens is 236 g/mol. The van der Waals surface area contributed by atoms with Gasteiger partial charge in [-0.2, -0.15) is 0 Å². The number of rotatable bonds is 1. The standard InChI is InChI=1S/C15H18N4/c1-11-12(2)18-15(10-17-11)19-8-7-16-9-13-5-3-4-6-14(13)19/h3-6,10,16H,7-9H2,1-2H3. The first-order chi connectivity index (χ1) is 9.25. The van der Waals surface area contributed by atoms with E-state index in [1.54, 1.807) is 0 Å². The van der Waals surface area contributed by atoms with E-state index < -0.39 is 0 Å². The third kappa shape index (κ3) is 2.31. The van der Waals surface area contributed by atoms with Crippen molar-refractivity contribution >= 4 is 11.5 Å². The van der Waals surface area contributed by atoms with Gasteiger partial charge < -0.3 is 10.2 Å². The second-order valence-electron chi connectivity index (χ2n) is 4.86. The summed E-state index contributed by atoms with van der Waals surface area (Å²) in [6.07, 6.45) is 1.87. The lowest BCUT2D eigenvalue weighted by atomic mass is 10.1. The van der Waals surface area contributed by atoms with E-state index in [4.69, 9.17) is 0 Å². The zero-order valence-electron chi connectivity index (χ0n) is 11.3. The fraction of sp³-hybridized carbons (Fsp3) is 0.333. The molecule has 3 rings (SSSR count). The predicted octanol–water partition coefficient (Wildman–Crippen LogP) is 2.33. The number of para-hydroxylation sites is 1. The third-order valence-corrected chi connectivity index (χ3v) is 3.57. The lowest BCUT2D eigenvalue weighted by Crippen LogP contribution is -2.25. The van der Waals surface area contributed by atoms with E-state index in [9.17, 15) is 0 Å². The van der Waals surface area contributed by atoms with Crippen molar-refractivity contribution in [1.82, 2.24) is 15.3 Å². The van der Waals surface area contributed by atoms with Crippen LogP contribution in [0.3, 0.4) is 0 Å². The average Bonchev–Trinajstić information content (AvgIpc) is 2.64. The SMILES string of the molecule is Cc1ncc(N2CCNCc3ccccc32)nc1C. The van der Waals surface area contributed by atoms with Crippen LogP contribution >= 0.6 is 0 Å². The zero-order chi connectivity index (χ0) is 13.2. The topological polar surface area (TPSA) is 41.1 Å². The molecule has 98 valence electrons. The lowest BCUT2D eigenvalue weighted by molar-refractivity contribution is 0.710. The number of nitrogens with zero attached hydrogens (tertiary/aromatic N) is 3. The number of fused-ring (bicyclic) bond motifs is 1. The van der Waals surface area contributed by atoms with Crippen molar-refractivity contribution in [2.75, 3.05) is 18.0 Å². The van der Waals surface area contributed by atoms with E-state index in [1.807, 2.05) is 20.0 Å². The van der Waals surface area contributed by atoms with E-state index in [2.05, 4.69) is 44.5 Å². The molecule has 0 atom stereocenters. The third-order valence-electron chi connectivity index (χ3n) is 3.57. The Balaban J connectivity index is 2.06. The first kappa shape index (κ1) is 12.1. The number of aromatic nitrogens is 2. The van der Waals surface area contributed by atoms with Crippen molar-refractivity contribution < 1.29 is 0 Å². The quantitative estimate of drug-likeness (QED) is 0.848. The number of aryl methyl sites for hydroxylation is 2. The van der Waals surface area contributed by atoms with Crippen molar-refractivity contribution in [2.24, 2.45) is 0 Å². The van der Waals surface area contributed by atoms with Crippen molar-refractivity contribution in [3.05, 3.63) is 47.4 Å². The summed E-state index contributed by atoms with van der Waals surface area (Å²) in [4.78, 5) is 11.4. The van der Waals surface area contributed by atoms with Crippen molar-refractivity contribution in [3.63, 3.8) is 0 Å². The van der Waals surface area contributed by atoms with Crippen LogP contribution < -0.4 is 10.2 Å². The first-order valence-corrected chi connectivity index (χ1v) is 6.62. The summed E-state index contributed by atoms with van der Waals surface area (Å²) in [6, 6.07) is 8.47. The highest BCUT2D eigenvalue weighted by Gasteiger charge is 2.17. The van der Waals surface area contributed by atoms with Gasteiger partial charge in [0.25, 0.3) is 0 Å². The van der Waals surface area contributed by atoms with Gasteiger partial charge in [-0.3, -0.25) is 4.98 Å². The van der Waals surface area contributed by atoms with Crippen LogP contribution in [0.25, 0.3) is 0 Å². The van der Waals surface area contributed by atoms with E-state index in [0.717, 1.165) is 36.8 Å². The minimum Gasteiger partial charge on any atom is -0.324 e. The molecule has 19 heavy (non-hydrogen) atoms. The smallest absolute Gasteiger partial charge is 0.151 e. The molecule has 0 amide bonds. The van der Waals surface area contributed by atoms with E-state index in [1.165, 1.54) is 11.3 Å². The summed E-state index contributed by atoms with van der Waals surface area (Å²) in [6.45, 7) is 6.76. The second-order valence-corrected chi connectivity index (χ2v) is 4.86. The molecule has 0 bridgehead atoms. The Bertz CT molecular complexity index is 594. The van der Waals surface area contributed by atoms with Crippen LogP contribution in [-0.4, -0.2) is 23.1 Å². The highest BCUT2D eigenvalue weighted by molar-refractivity contribution is 5.64. The van der Waals surface area contributed by atoms with Crippen molar-refractivity contribution in [3.8, 4) is 0 Å². The maximum absolute atomic E-state index is 4.67. The molecule has 0 saturated heterocycles. The zero-order valence-corrected chi connectivity index (χ0v) is 11.3. The van der Waals surface area contributed by atoms with Crippen LogP contribution in [0.4, 0.5) is 11.5 Å². The Kier molecular flexibility index (Phi) is 3.17. The molecule has 0 saturated carbocycles. The Labute approximate surface area is 113 Å². The van der Waals surface area contributed by atoms with Gasteiger partial charge in [0.15, 0.2) is 5.82 Å². The molecule has 0 fully saturated rings. The summed E-state index contributed by atoms with van der Waals surface area (Å²) in [5.41, 5.74) is 4.52. The molecule has 0 unspecified atom stereocenters. The number of benzene rings is 1. The maximum atomic E-state index is 4.67. The first-order valence-electron chi connectivity index (χ1n) is 6.62. The fourth-order valence-corrected chi connectivity index (χ4v) is 2.36. The number of nitrogens with one attached hydrogen (secondary N) is 1. The summed E-state index contributed by atoms with van der Waals surface area (Å²) in [5.74, 6) is 0.930. The Morgan fingerprint density at radius 3 is 2.84 bits per heavy atom. The van der Waals surface area contributed by atoms with Crippen molar-refractivity contribution in [1.29, 1.82) is 0 Å². The van der Waals surface area contributed by atoms with Crippen LogP contribution in [0.2, 0.25) is 0 Å². The predicted molar refractivity (Wildman–Crippen MR) is 76.7 cm³/mol. The van der Waals surface area contributed by atoms with E-state index >= 15 is 0 Å². The molecule has 2 heterocycles. The fourth-order valence-electron chi connectivity index (χ4n) is 2.36. The molecule has 1 N–H and O–H groups in total. The van der Waals surface area contributed by atoms with Crippen LogP contribution in [0.1, 0.15) is 17.0 Å². The number of hydrogen-bond acceptors (Lipinski definition) is 4. The molecule has 1 aromatic carbocycles. The lowest BCUT2D eigenvalue weighted by Gasteiger charge is -2.23. The van der Waals surface area contributed by atoms with Crippen LogP contribution in [0.15, 0.2) is 30.5 Å². The number of hydrogen-bond donors (Lipinski definition) is 1. The Morgan fingerprint density at radius 1 is 1.16 bits per heavy atom. The van der Waals surface area contributed by atoms with Gasteiger partial charge in [-0.25, -0.2) is 4.98 Å². The molecule has 4 heteroatoms. The molecule has 4 nitrogen and oxygen atoms in total. The highest BCUT2D eigenvalue weighted by atomic mass is 15.2. The maximum Gasteiger partial charge on any atom is 0.151 e. The molecule has 2 aromatic rings. The molecule has 0 spiro atoms. The van der Waals surface area contributed by atoms with Gasteiger partial charge in [0.2, 0.25) is 0 Å². The number of anilines is 2. The van der Waals surface area contributed by atoms with Gasteiger partial charge >= 0.3 is 0 Å². The summed E-state index contributed by atoms with van der Waals surface area (Å²) in [7, 11) is 0. The van der Waals surface area contributed by atoms with Gasteiger partial charge in [0, 0.05) is 25.3 Å². The highest BCUT2D eigenvalue weighted by Crippen LogP contribution is 2.28. The van der Waals surface area contributed by atoms with Gasteiger partial charge in [-0.05, 0) is 25.5 Å². The van der Waals surface area contributed by atoms with Crippen LogP contribution in [0.5, 0.6) is 0 Å².